The molecule has 2 nitrogen and oxygen atoms in total. The lowest BCUT2D eigenvalue weighted by Gasteiger charge is -2.26. The number of hydrogen-bond donors (Lipinski definition) is 2. The summed E-state index contributed by atoms with van der Waals surface area (Å²) in [5.74, 6) is 0. The first-order valence-electron chi connectivity index (χ1n) is 7.79. The quantitative estimate of drug-likeness (QED) is 0.718. The Morgan fingerprint density at radius 1 is 0.545 bits per heavy atom. The van der Waals surface area contributed by atoms with Crippen molar-refractivity contribution in [2.75, 3.05) is 11.5 Å². The smallest absolute Gasteiger partial charge is 0.0340 e. The minimum Gasteiger partial charge on any atom is -0.399 e. The zero-order valence-corrected chi connectivity index (χ0v) is 14.6. The van der Waals surface area contributed by atoms with Crippen molar-refractivity contribution in [2.45, 2.75) is 52.4 Å². The van der Waals surface area contributed by atoms with E-state index < -0.39 is 0 Å². The molecule has 0 heterocycles. The van der Waals surface area contributed by atoms with Crippen LogP contribution in [0.15, 0.2) is 36.4 Å². The van der Waals surface area contributed by atoms with Crippen molar-refractivity contribution in [1.29, 1.82) is 0 Å². The topological polar surface area (TPSA) is 52.0 Å². The van der Waals surface area contributed by atoms with Gasteiger partial charge in [0.1, 0.15) is 0 Å². The molecule has 22 heavy (non-hydrogen) atoms. The molecule has 0 atom stereocenters. The van der Waals surface area contributed by atoms with Crippen LogP contribution in [0.4, 0.5) is 11.4 Å². The zero-order valence-electron chi connectivity index (χ0n) is 14.6. The number of hydrogen-bond acceptors (Lipinski definition) is 2. The van der Waals surface area contributed by atoms with Gasteiger partial charge in [-0.25, -0.2) is 0 Å². The maximum atomic E-state index is 5.96. The zero-order chi connectivity index (χ0) is 16.7. The van der Waals surface area contributed by atoms with Crippen LogP contribution in [0.2, 0.25) is 0 Å². The molecule has 2 heteroatoms. The molecule has 0 fully saturated rings. The van der Waals surface area contributed by atoms with Crippen molar-refractivity contribution in [1.82, 2.24) is 0 Å². The van der Waals surface area contributed by atoms with E-state index in [4.69, 9.17) is 11.5 Å². The van der Waals surface area contributed by atoms with Gasteiger partial charge in [0, 0.05) is 11.4 Å². The summed E-state index contributed by atoms with van der Waals surface area (Å²) in [7, 11) is 0. The van der Waals surface area contributed by atoms with E-state index in [9.17, 15) is 0 Å². The third kappa shape index (κ3) is 3.62. The van der Waals surface area contributed by atoms with Gasteiger partial charge in [0.25, 0.3) is 0 Å². The molecular weight excluding hydrogens is 268 g/mol. The van der Waals surface area contributed by atoms with Crippen LogP contribution in [0.5, 0.6) is 0 Å². The largest absolute Gasteiger partial charge is 0.399 e. The van der Waals surface area contributed by atoms with E-state index >= 15 is 0 Å². The molecule has 2 rings (SSSR count). The number of rotatable bonds is 1. The van der Waals surface area contributed by atoms with Gasteiger partial charge in [0.15, 0.2) is 0 Å². The minimum absolute atomic E-state index is 0.0991. The second-order valence-electron chi connectivity index (χ2n) is 8.19. The van der Waals surface area contributed by atoms with E-state index in [0.717, 1.165) is 5.56 Å². The molecule has 0 spiro atoms. The Hall–Kier alpha value is -1.96. The lowest BCUT2D eigenvalue weighted by molar-refractivity contribution is 0.569. The molecule has 0 saturated heterocycles. The number of anilines is 2. The SMILES string of the molecule is CC(C)(C)c1cc(-c2cc(N)cc(N)c2)cc(C(C)(C)C)c1. The monoisotopic (exact) mass is 296 g/mol. The summed E-state index contributed by atoms with van der Waals surface area (Å²) in [4.78, 5) is 0. The Bertz CT molecular complexity index is 633. The van der Waals surface area contributed by atoms with E-state index in [-0.39, 0.29) is 10.8 Å². The van der Waals surface area contributed by atoms with Crippen molar-refractivity contribution in [3.63, 3.8) is 0 Å². The van der Waals surface area contributed by atoms with Gasteiger partial charge in [-0.1, -0.05) is 59.7 Å². The molecule has 2 aromatic rings. The van der Waals surface area contributed by atoms with E-state index in [1.165, 1.54) is 16.7 Å². The summed E-state index contributed by atoms with van der Waals surface area (Å²) < 4.78 is 0. The fourth-order valence-corrected chi connectivity index (χ4v) is 2.50. The Balaban J connectivity index is 2.70. The third-order valence-electron chi connectivity index (χ3n) is 3.98. The Labute approximate surface area is 134 Å². The Morgan fingerprint density at radius 2 is 0.909 bits per heavy atom. The van der Waals surface area contributed by atoms with Gasteiger partial charge in [-0.3, -0.25) is 0 Å². The first-order valence-corrected chi connectivity index (χ1v) is 7.79. The molecule has 4 N–H and O–H groups in total. The molecule has 0 aliphatic carbocycles. The van der Waals surface area contributed by atoms with Gasteiger partial charge >= 0.3 is 0 Å². The molecule has 0 bridgehead atoms. The van der Waals surface area contributed by atoms with E-state index in [1.54, 1.807) is 6.07 Å². The van der Waals surface area contributed by atoms with E-state index in [1.807, 2.05) is 12.1 Å². The molecule has 0 saturated carbocycles. The maximum Gasteiger partial charge on any atom is 0.0340 e. The van der Waals surface area contributed by atoms with Crippen molar-refractivity contribution in [3.8, 4) is 11.1 Å². The van der Waals surface area contributed by atoms with Gasteiger partial charge in [-0.2, -0.15) is 0 Å². The van der Waals surface area contributed by atoms with E-state index in [0.29, 0.717) is 11.4 Å². The number of nitrogens with two attached hydrogens (primary N) is 2. The molecule has 2 aromatic carbocycles. The lowest BCUT2D eigenvalue weighted by atomic mass is 9.79. The molecule has 0 amide bonds. The first kappa shape index (κ1) is 16.4. The summed E-state index contributed by atoms with van der Waals surface area (Å²) >= 11 is 0. The van der Waals surface area contributed by atoms with Gasteiger partial charge in [0.2, 0.25) is 0 Å². The maximum absolute atomic E-state index is 5.96. The first-order chi connectivity index (χ1) is 9.96. The van der Waals surface area contributed by atoms with Gasteiger partial charge in [0.05, 0.1) is 0 Å². The predicted octanol–water partition coefficient (Wildman–Crippen LogP) is 5.11. The van der Waals surface area contributed by atoms with Crippen molar-refractivity contribution in [3.05, 3.63) is 47.5 Å². The average Bonchev–Trinajstić information content (AvgIpc) is 2.35. The highest BCUT2D eigenvalue weighted by molar-refractivity contribution is 5.73. The van der Waals surface area contributed by atoms with Crippen molar-refractivity contribution < 1.29 is 0 Å². The summed E-state index contributed by atoms with van der Waals surface area (Å²) in [6.07, 6.45) is 0. The summed E-state index contributed by atoms with van der Waals surface area (Å²) in [6.45, 7) is 13.5. The van der Waals surface area contributed by atoms with Gasteiger partial charge < -0.3 is 11.5 Å². The average molecular weight is 296 g/mol. The predicted molar refractivity (Wildman–Crippen MR) is 98.1 cm³/mol. The standard InChI is InChI=1S/C20H28N2/c1-19(2,3)15-7-13(8-16(11-15)20(4,5)6)14-9-17(21)12-18(22)10-14/h7-12H,21-22H2,1-6H3. The number of nitrogen functional groups attached to an aromatic ring is 2. The third-order valence-corrected chi connectivity index (χ3v) is 3.98. The van der Waals surface area contributed by atoms with Crippen LogP contribution in [0.25, 0.3) is 11.1 Å². The summed E-state index contributed by atoms with van der Waals surface area (Å²) in [5, 5.41) is 0. The minimum atomic E-state index is 0.0991. The molecule has 0 aliphatic heterocycles. The highest BCUT2D eigenvalue weighted by atomic mass is 14.6. The van der Waals surface area contributed by atoms with Crippen molar-refractivity contribution in [2.24, 2.45) is 0 Å². The number of benzene rings is 2. The Morgan fingerprint density at radius 3 is 1.27 bits per heavy atom. The fourth-order valence-electron chi connectivity index (χ4n) is 2.50. The molecule has 0 aliphatic rings. The second kappa shape index (κ2) is 5.35. The van der Waals surface area contributed by atoms with Crippen LogP contribution in [0.1, 0.15) is 52.7 Å². The normalized spacial score (nSPS) is 12.5. The second-order valence-corrected chi connectivity index (χ2v) is 8.19. The summed E-state index contributed by atoms with van der Waals surface area (Å²) in [6, 6.07) is 12.6. The fraction of sp³-hybridized carbons (Fsp3) is 0.400. The van der Waals surface area contributed by atoms with Gasteiger partial charge in [-0.15, -0.1) is 0 Å². The van der Waals surface area contributed by atoms with Crippen LogP contribution >= 0.6 is 0 Å². The highest BCUT2D eigenvalue weighted by Crippen LogP contribution is 2.34. The summed E-state index contributed by atoms with van der Waals surface area (Å²) in [5.41, 5.74) is 18.4. The van der Waals surface area contributed by atoms with Gasteiger partial charge in [-0.05, 0) is 51.3 Å². The van der Waals surface area contributed by atoms with Crippen LogP contribution in [0.3, 0.4) is 0 Å². The molecule has 0 radical (unpaired) electrons. The lowest BCUT2D eigenvalue weighted by Crippen LogP contribution is -2.16. The Kier molecular flexibility index (Phi) is 3.99. The highest BCUT2D eigenvalue weighted by Gasteiger charge is 2.21. The van der Waals surface area contributed by atoms with Crippen LogP contribution in [0, 0.1) is 0 Å². The molecular formula is C20H28N2. The van der Waals surface area contributed by atoms with Crippen LogP contribution < -0.4 is 11.5 Å². The van der Waals surface area contributed by atoms with Crippen molar-refractivity contribution >= 4 is 11.4 Å². The molecule has 0 aromatic heterocycles. The molecule has 118 valence electrons. The van der Waals surface area contributed by atoms with E-state index in [2.05, 4.69) is 59.7 Å². The molecule has 0 unspecified atom stereocenters. The van der Waals surface area contributed by atoms with Crippen LogP contribution in [-0.2, 0) is 10.8 Å². The van der Waals surface area contributed by atoms with Crippen LogP contribution in [-0.4, -0.2) is 0 Å².